The number of fused-ring (bicyclic) bond motifs is 1. The molecule has 0 atom stereocenters. The zero-order valence-corrected chi connectivity index (χ0v) is 16.9. The quantitative estimate of drug-likeness (QED) is 0.417. The van der Waals surface area contributed by atoms with E-state index >= 15 is 0 Å². The Bertz CT molecular complexity index is 1400. The summed E-state index contributed by atoms with van der Waals surface area (Å²) in [6.07, 6.45) is 2.93. The molecule has 0 radical (unpaired) electrons. The number of nitrogens with one attached hydrogen (secondary N) is 2. The Labute approximate surface area is 176 Å². The molecule has 0 aliphatic rings. The lowest BCUT2D eigenvalue weighted by molar-refractivity contribution is 0.429. The van der Waals surface area contributed by atoms with Crippen molar-refractivity contribution < 1.29 is 9.50 Å². The lowest BCUT2D eigenvalue weighted by Crippen LogP contribution is -2.33. The van der Waals surface area contributed by atoms with Gasteiger partial charge in [0.1, 0.15) is 11.4 Å². The van der Waals surface area contributed by atoms with Gasteiger partial charge in [-0.2, -0.15) is 0 Å². The highest BCUT2D eigenvalue weighted by atomic mass is 19.1. The van der Waals surface area contributed by atoms with Crippen LogP contribution in [0.2, 0.25) is 0 Å². The second-order valence-corrected chi connectivity index (χ2v) is 7.06. The zero-order chi connectivity index (χ0) is 22.0. The van der Waals surface area contributed by atoms with Crippen molar-refractivity contribution >= 4 is 16.6 Å². The average molecular weight is 420 g/mol. The van der Waals surface area contributed by atoms with Crippen molar-refractivity contribution in [1.82, 2.24) is 14.5 Å². The third-order valence-corrected chi connectivity index (χ3v) is 5.13. The maximum absolute atomic E-state index is 13.6. The number of aromatic hydroxyl groups is 1. The lowest BCUT2D eigenvalue weighted by Gasteiger charge is -2.12. The van der Waals surface area contributed by atoms with Crippen LogP contribution in [0.25, 0.3) is 16.6 Å². The fourth-order valence-electron chi connectivity index (χ4n) is 3.66. The number of aromatic amines is 2. The Balaban J connectivity index is 1.70. The van der Waals surface area contributed by atoms with Crippen molar-refractivity contribution in [2.75, 3.05) is 6.54 Å². The number of aliphatic imine (C=N–C) groups is 1. The monoisotopic (exact) mass is 420 g/mol. The minimum atomic E-state index is -0.855. The molecule has 2 aromatic carbocycles. The SMILES string of the molecule is CCC(=NCCc1c[nH]c2ccccc12)c1c(O)n(-c2cccc(F)c2)c(=O)[nH]c1=O. The molecular formula is C23H21FN4O3. The molecule has 7 nitrogen and oxygen atoms in total. The topological polar surface area (TPSA) is 103 Å². The molecule has 4 aromatic rings. The third kappa shape index (κ3) is 3.92. The number of hydrogen-bond donors (Lipinski definition) is 3. The molecule has 0 fully saturated rings. The molecule has 0 aliphatic carbocycles. The van der Waals surface area contributed by atoms with Crippen LogP contribution in [0.5, 0.6) is 5.88 Å². The first-order chi connectivity index (χ1) is 15.0. The molecule has 0 unspecified atom stereocenters. The van der Waals surface area contributed by atoms with E-state index in [4.69, 9.17) is 0 Å². The second-order valence-electron chi connectivity index (χ2n) is 7.06. The van der Waals surface area contributed by atoms with E-state index in [2.05, 4.69) is 15.0 Å². The number of hydrogen-bond acceptors (Lipinski definition) is 4. The highest BCUT2D eigenvalue weighted by molar-refractivity contribution is 6.02. The molecule has 0 amide bonds. The summed E-state index contributed by atoms with van der Waals surface area (Å²) < 4.78 is 14.5. The predicted octanol–water partition coefficient (Wildman–Crippen LogP) is 3.29. The minimum absolute atomic E-state index is 0.0923. The van der Waals surface area contributed by atoms with Crippen LogP contribution in [0.4, 0.5) is 4.39 Å². The molecule has 2 heterocycles. The Morgan fingerprint density at radius 1 is 1.16 bits per heavy atom. The van der Waals surface area contributed by atoms with Crippen molar-refractivity contribution in [3.63, 3.8) is 0 Å². The maximum atomic E-state index is 13.6. The summed E-state index contributed by atoms with van der Waals surface area (Å²) in [6.45, 7) is 2.20. The molecule has 2 aromatic heterocycles. The standard InChI is InChI=1S/C23H21FN4O3/c1-2-18(25-11-10-14-13-26-19-9-4-3-8-17(14)19)20-21(29)27-23(31)28(22(20)30)16-7-5-6-15(24)12-16/h3-9,12-13,26,30H,2,10-11H2,1H3,(H,27,29,31). The molecule has 0 spiro atoms. The van der Waals surface area contributed by atoms with Crippen LogP contribution in [0, 0.1) is 5.82 Å². The Hall–Kier alpha value is -3.94. The minimum Gasteiger partial charge on any atom is -0.493 e. The normalized spacial score (nSPS) is 11.9. The molecule has 8 heteroatoms. The molecule has 0 bridgehead atoms. The summed E-state index contributed by atoms with van der Waals surface area (Å²) in [6, 6.07) is 13.1. The first-order valence-corrected chi connectivity index (χ1v) is 9.92. The van der Waals surface area contributed by atoms with Gasteiger partial charge in [-0.05, 0) is 42.7 Å². The van der Waals surface area contributed by atoms with Crippen LogP contribution in [-0.2, 0) is 6.42 Å². The molecule has 0 saturated carbocycles. The highest BCUT2D eigenvalue weighted by Crippen LogP contribution is 2.20. The molecule has 158 valence electrons. The molecule has 31 heavy (non-hydrogen) atoms. The molecule has 3 N–H and O–H groups in total. The smallest absolute Gasteiger partial charge is 0.335 e. The number of nitrogens with zero attached hydrogens (tertiary/aromatic N) is 2. The maximum Gasteiger partial charge on any atom is 0.335 e. The summed E-state index contributed by atoms with van der Waals surface area (Å²) in [4.78, 5) is 34.7. The zero-order valence-electron chi connectivity index (χ0n) is 16.9. The number of para-hydroxylation sites is 1. The fourth-order valence-corrected chi connectivity index (χ4v) is 3.66. The fraction of sp³-hybridized carbons (Fsp3) is 0.174. The number of rotatable bonds is 6. The molecule has 4 rings (SSSR count). The van der Waals surface area contributed by atoms with E-state index in [0.29, 0.717) is 25.1 Å². The average Bonchev–Trinajstić information content (AvgIpc) is 3.15. The first kappa shape index (κ1) is 20.3. The van der Waals surface area contributed by atoms with Gasteiger partial charge in [0.2, 0.25) is 5.88 Å². The van der Waals surface area contributed by atoms with Gasteiger partial charge in [-0.1, -0.05) is 31.2 Å². The third-order valence-electron chi connectivity index (χ3n) is 5.13. The van der Waals surface area contributed by atoms with E-state index in [1.165, 1.54) is 18.2 Å². The van der Waals surface area contributed by atoms with Gasteiger partial charge >= 0.3 is 5.69 Å². The summed E-state index contributed by atoms with van der Waals surface area (Å²) in [5.74, 6) is -1.13. The summed E-state index contributed by atoms with van der Waals surface area (Å²) in [5.41, 5.74) is 0.920. The lowest BCUT2D eigenvalue weighted by atomic mass is 10.1. The van der Waals surface area contributed by atoms with Crippen molar-refractivity contribution in [2.45, 2.75) is 19.8 Å². The number of benzene rings is 2. The van der Waals surface area contributed by atoms with Crippen molar-refractivity contribution in [3.05, 3.63) is 92.5 Å². The Morgan fingerprint density at radius 2 is 1.97 bits per heavy atom. The predicted molar refractivity (Wildman–Crippen MR) is 118 cm³/mol. The van der Waals surface area contributed by atoms with Gasteiger partial charge in [0.25, 0.3) is 5.56 Å². The van der Waals surface area contributed by atoms with Crippen LogP contribution in [0.15, 0.2) is 69.3 Å². The van der Waals surface area contributed by atoms with Crippen LogP contribution in [0.3, 0.4) is 0 Å². The number of H-pyrrole nitrogens is 2. The van der Waals surface area contributed by atoms with E-state index in [1.807, 2.05) is 30.5 Å². The van der Waals surface area contributed by atoms with E-state index < -0.39 is 22.9 Å². The summed E-state index contributed by atoms with van der Waals surface area (Å²) >= 11 is 0. The highest BCUT2D eigenvalue weighted by Gasteiger charge is 2.19. The van der Waals surface area contributed by atoms with Gasteiger partial charge in [0.15, 0.2) is 0 Å². The van der Waals surface area contributed by atoms with Crippen LogP contribution in [-0.4, -0.2) is 31.9 Å². The Morgan fingerprint density at radius 3 is 2.74 bits per heavy atom. The van der Waals surface area contributed by atoms with Crippen molar-refractivity contribution in [1.29, 1.82) is 0 Å². The summed E-state index contributed by atoms with van der Waals surface area (Å²) in [5, 5.41) is 11.9. The second kappa shape index (κ2) is 8.43. The van der Waals surface area contributed by atoms with Gasteiger partial charge in [0.05, 0.1) is 11.4 Å². The molecule has 0 aliphatic heterocycles. The van der Waals surface area contributed by atoms with Crippen molar-refractivity contribution in [3.8, 4) is 11.6 Å². The summed E-state index contributed by atoms with van der Waals surface area (Å²) in [7, 11) is 0. The van der Waals surface area contributed by atoms with Crippen molar-refractivity contribution in [2.24, 2.45) is 4.99 Å². The van der Waals surface area contributed by atoms with Crippen LogP contribution in [0.1, 0.15) is 24.5 Å². The van der Waals surface area contributed by atoms with E-state index in [1.54, 1.807) is 6.92 Å². The van der Waals surface area contributed by atoms with Crippen LogP contribution < -0.4 is 11.2 Å². The van der Waals surface area contributed by atoms with Gasteiger partial charge in [-0.25, -0.2) is 13.8 Å². The number of aromatic nitrogens is 3. The van der Waals surface area contributed by atoms with Gasteiger partial charge in [-0.15, -0.1) is 0 Å². The largest absolute Gasteiger partial charge is 0.493 e. The molecular weight excluding hydrogens is 399 g/mol. The van der Waals surface area contributed by atoms with E-state index in [0.717, 1.165) is 27.1 Å². The van der Waals surface area contributed by atoms with Crippen LogP contribution >= 0.6 is 0 Å². The Kier molecular flexibility index (Phi) is 5.53. The van der Waals surface area contributed by atoms with E-state index in [-0.39, 0.29) is 11.3 Å². The molecule has 0 saturated heterocycles. The first-order valence-electron chi connectivity index (χ1n) is 9.92. The van der Waals surface area contributed by atoms with Gasteiger partial charge in [0, 0.05) is 23.6 Å². The van der Waals surface area contributed by atoms with E-state index in [9.17, 15) is 19.1 Å². The van der Waals surface area contributed by atoms with Gasteiger partial charge in [-0.3, -0.25) is 14.8 Å². The van der Waals surface area contributed by atoms with Gasteiger partial charge < -0.3 is 10.1 Å². The number of halogens is 1.